The molecule has 7 heteroatoms. The minimum atomic E-state index is -0.0885. The number of hydrogen-bond donors (Lipinski definition) is 1. The summed E-state index contributed by atoms with van der Waals surface area (Å²) in [7, 11) is 1.65. The number of carbonyl (C=O) groups is 1. The Labute approximate surface area is 186 Å². The summed E-state index contributed by atoms with van der Waals surface area (Å²) in [6.45, 7) is 2.53. The summed E-state index contributed by atoms with van der Waals surface area (Å²) in [5.74, 6) is 3.02. The second-order valence-electron chi connectivity index (χ2n) is 7.64. The molecular formula is C25H24N4O3. The highest BCUT2D eigenvalue weighted by atomic mass is 16.5. The molecule has 0 radical (unpaired) electrons. The average molecular weight is 428 g/mol. The molecule has 2 heterocycles. The molecule has 1 fully saturated rings. The van der Waals surface area contributed by atoms with E-state index in [1.165, 1.54) is 0 Å². The molecule has 5 rings (SSSR count). The van der Waals surface area contributed by atoms with Crippen LogP contribution in [0.2, 0.25) is 0 Å². The SMILES string of the molecule is COc1ccc2c(c1)C(N1CCN(C(=O)Nc3ccccc3)CC1)=Nc1ccccc1O2. The predicted octanol–water partition coefficient (Wildman–Crippen LogP) is 4.73. The molecule has 0 saturated carbocycles. The van der Waals surface area contributed by atoms with Gasteiger partial charge in [0, 0.05) is 31.9 Å². The lowest BCUT2D eigenvalue weighted by Gasteiger charge is -2.36. The number of ether oxygens (including phenoxy) is 2. The van der Waals surface area contributed by atoms with E-state index >= 15 is 0 Å². The zero-order valence-electron chi connectivity index (χ0n) is 17.8. The first-order valence-electron chi connectivity index (χ1n) is 10.6. The minimum Gasteiger partial charge on any atom is -0.497 e. The first-order chi connectivity index (χ1) is 15.7. The van der Waals surface area contributed by atoms with Crippen molar-refractivity contribution < 1.29 is 14.3 Å². The number of urea groups is 1. The molecule has 2 amide bonds. The van der Waals surface area contributed by atoms with E-state index in [0.717, 1.165) is 40.0 Å². The summed E-state index contributed by atoms with van der Waals surface area (Å²) >= 11 is 0. The number of anilines is 1. The maximum absolute atomic E-state index is 12.7. The van der Waals surface area contributed by atoms with Crippen LogP contribution < -0.4 is 14.8 Å². The Morgan fingerprint density at radius 2 is 1.69 bits per heavy atom. The van der Waals surface area contributed by atoms with Gasteiger partial charge in [-0.05, 0) is 42.5 Å². The first-order valence-corrected chi connectivity index (χ1v) is 10.6. The lowest BCUT2D eigenvalue weighted by molar-refractivity contribution is 0.181. The Bertz CT molecular complexity index is 1150. The van der Waals surface area contributed by atoms with Gasteiger partial charge >= 0.3 is 6.03 Å². The third-order valence-electron chi connectivity index (χ3n) is 5.63. The van der Waals surface area contributed by atoms with E-state index < -0.39 is 0 Å². The van der Waals surface area contributed by atoms with E-state index in [9.17, 15) is 4.79 Å². The highest BCUT2D eigenvalue weighted by molar-refractivity contribution is 6.04. The zero-order chi connectivity index (χ0) is 21.9. The van der Waals surface area contributed by atoms with E-state index in [1.807, 2.05) is 77.7 Å². The van der Waals surface area contributed by atoms with Crippen LogP contribution in [0, 0.1) is 0 Å². The molecule has 0 atom stereocenters. The summed E-state index contributed by atoms with van der Waals surface area (Å²) < 4.78 is 11.6. The summed E-state index contributed by atoms with van der Waals surface area (Å²) in [5.41, 5.74) is 2.45. The van der Waals surface area contributed by atoms with Crippen LogP contribution in [-0.2, 0) is 0 Å². The lowest BCUT2D eigenvalue weighted by atomic mass is 10.1. The Hall–Kier alpha value is -4.00. The topological polar surface area (TPSA) is 66.4 Å². The average Bonchev–Trinajstić information content (AvgIpc) is 3.01. The second-order valence-corrected chi connectivity index (χ2v) is 7.64. The second kappa shape index (κ2) is 8.63. The molecule has 1 N–H and O–H groups in total. The van der Waals surface area contributed by atoms with Crippen LogP contribution in [0.15, 0.2) is 77.8 Å². The number of amides is 2. The first kappa shape index (κ1) is 19.9. The monoisotopic (exact) mass is 428 g/mol. The van der Waals surface area contributed by atoms with Crippen molar-refractivity contribution in [3.63, 3.8) is 0 Å². The Morgan fingerprint density at radius 3 is 2.47 bits per heavy atom. The molecule has 0 aliphatic carbocycles. The maximum Gasteiger partial charge on any atom is 0.321 e. The van der Waals surface area contributed by atoms with Gasteiger partial charge in [0.25, 0.3) is 0 Å². The Balaban J connectivity index is 1.38. The number of piperazine rings is 1. The van der Waals surface area contributed by atoms with Crippen molar-refractivity contribution in [1.82, 2.24) is 9.80 Å². The zero-order valence-corrected chi connectivity index (χ0v) is 17.8. The van der Waals surface area contributed by atoms with Gasteiger partial charge in [0.1, 0.15) is 23.0 Å². The molecule has 0 unspecified atom stereocenters. The Kier molecular flexibility index (Phi) is 5.37. The summed E-state index contributed by atoms with van der Waals surface area (Å²) in [6.07, 6.45) is 0. The normalized spacial score (nSPS) is 15.0. The fourth-order valence-corrected chi connectivity index (χ4v) is 3.91. The molecule has 0 aromatic heterocycles. The van der Waals surface area contributed by atoms with Gasteiger partial charge < -0.3 is 24.6 Å². The van der Waals surface area contributed by atoms with Gasteiger partial charge in [-0.3, -0.25) is 0 Å². The smallest absolute Gasteiger partial charge is 0.321 e. The molecule has 7 nitrogen and oxygen atoms in total. The van der Waals surface area contributed by atoms with Crippen molar-refractivity contribution in [1.29, 1.82) is 0 Å². The van der Waals surface area contributed by atoms with E-state index in [-0.39, 0.29) is 6.03 Å². The fourth-order valence-electron chi connectivity index (χ4n) is 3.91. The highest BCUT2D eigenvalue weighted by Gasteiger charge is 2.28. The number of carbonyl (C=O) groups excluding carboxylic acids is 1. The molecule has 3 aromatic rings. The molecule has 162 valence electrons. The molecule has 2 aliphatic heterocycles. The number of methoxy groups -OCH3 is 1. The van der Waals surface area contributed by atoms with Crippen molar-refractivity contribution in [3.05, 3.63) is 78.4 Å². The van der Waals surface area contributed by atoms with E-state index in [0.29, 0.717) is 26.2 Å². The van der Waals surface area contributed by atoms with Gasteiger partial charge in [0.2, 0.25) is 0 Å². The van der Waals surface area contributed by atoms with Crippen LogP contribution in [0.25, 0.3) is 0 Å². The molecule has 1 saturated heterocycles. The van der Waals surface area contributed by atoms with Gasteiger partial charge in [-0.1, -0.05) is 30.3 Å². The summed E-state index contributed by atoms with van der Waals surface area (Å²) in [4.78, 5) is 21.7. The molecular weight excluding hydrogens is 404 g/mol. The molecule has 3 aromatic carbocycles. The molecule has 0 spiro atoms. The van der Waals surface area contributed by atoms with Gasteiger partial charge in [-0.25, -0.2) is 9.79 Å². The molecule has 2 aliphatic rings. The van der Waals surface area contributed by atoms with Crippen LogP contribution in [0.3, 0.4) is 0 Å². The van der Waals surface area contributed by atoms with Crippen LogP contribution in [0.4, 0.5) is 16.2 Å². The van der Waals surface area contributed by atoms with Crippen molar-refractivity contribution in [2.24, 2.45) is 4.99 Å². The third-order valence-corrected chi connectivity index (χ3v) is 5.63. The number of aliphatic imine (C=N–C) groups is 1. The molecule has 32 heavy (non-hydrogen) atoms. The van der Waals surface area contributed by atoms with Crippen molar-refractivity contribution in [2.75, 3.05) is 38.6 Å². The highest BCUT2D eigenvalue weighted by Crippen LogP contribution is 2.39. The standard InChI is InChI=1S/C25H24N4O3/c1-31-19-11-12-22-20(17-19)24(27-21-9-5-6-10-23(21)32-22)28-13-15-29(16-14-28)25(30)26-18-7-3-2-4-8-18/h2-12,17H,13-16H2,1H3,(H,26,30). The van der Waals surface area contributed by atoms with Crippen molar-refractivity contribution in [3.8, 4) is 17.2 Å². The number of amidine groups is 1. The number of nitrogens with zero attached hydrogens (tertiary/aromatic N) is 3. The van der Waals surface area contributed by atoms with Crippen LogP contribution in [-0.4, -0.2) is 55.0 Å². The van der Waals surface area contributed by atoms with E-state index in [2.05, 4.69) is 10.2 Å². The van der Waals surface area contributed by atoms with Crippen molar-refractivity contribution in [2.45, 2.75) is 0 Å². The fraction of sp³-hybridized carbons (Fsp3) is 0.200. The van der Waals surface area contributed by atoms with Crippen LogP contribution >= 0.6 is 0 Å². The minimum absolute atomic E-state index is 0.0885. The maximum atomic E-state index is 12.7. The number of rotatable bonds is 2. The Morgan fingerprint density at radius 1 is 0.938 bits per heavy atom. The lowest BCUT2D eigenvalue weighted by Crippen LogP contribution is -2.51. The number of nitrogens with one attached hydrogen (secondary N) is 1. The largest absolute Gasteiger partial charge is 0.497 e. The van der Waals surface area contributed by atoms with E-state index in [1.54, 1.807) is 7.11 Å². The van der Waals surface area contributed by atoms with Gasteiger partial charge in [-0.2, -0.15) is 0 Å². The van der Waals surface area contributed by atoms with Gasteiger partial charge in [-0.15, -0.1) is 0 Å². The quantitative estimate of drug-likeness (QED) is 0.641. The predicted molar refractivity (Wildman–Crippen MR) is 124 cm³/mol. The van der Waals surface area contributed by atoms with Crippen molar-refractivity contribution >= 4 is 23.2 Å². The van der Waals surface area contributed by atoms with Gasteiger partial charge in [0.05, 0.1) is 12.7 Å². The van der Waals surface area contributed by atoms with E-state index in [4.69, 9.17) is 14.5 Å². The number of fused-ring (bicyclic) bond motifs is 2. The number of benzene rings is 3. The summed E-state index contributed by atoms with van der Waals surface area (Å²) in [5, 5.41) is 2.96. The third kappa shape index (κ3) is 3.97. The molecule has 0 bridgehead atoms. The van der Waals surface area contributed by atoms with Crippen LogP contribution in [0.5, 0.6) is 17.2 Å². The number of para-hydroxylation sites is 3. The summed E-state index contributed by atoms with van der Waals surface area (Å²) in [6, 6.07) is 22.9. The van der Waals surface area contributed by atoms with Crippen LogP contribution in [0.1, 0.15) is 5.56 Å². The number of hydrogen-bond acceptors (Lipinski definition) is 5. The van der Waals surface area contributed by atoms with Gasteiger partial charge in [0.15, 0.2) is 5.75 Å².